The summed E-state index contributed by atoms with van der Waals surface area (Å²) in [7, 11) is 0. The van der Waals surface area contributed by atoms with Gasteiger partial charge in [0.15, 0.2) is 6.04 Å². The number of halogens is 1. The molecule has 0 bridgehead atoms. The van der Waals surface area contributed by atoms with Crippen molar-refractivity contribution >= 4 is 11.7 Å². The molecule has 0 spiro atoms. The van der Waals surface area contributed by atoms with Gasteiger partial charge in [-0.3, -0.25) is 4.68 Å². The maximum Gasteiger partial charge on any atom is 0.330 e. The Kier molecular flexibility index (Phi) is 4.26. The van der Waals surface area contributed by atoms with E-state index in [2.05, 4.69) is 10.4 Å². The van der Waals surface area contributed by atoms with Gasteiger partial charge < -0.3 is 10.4 Å². The lowest BCUT2D eigenvalue weighted by atomic mass is 10.1. The van der Waals surface area contributed by atoms with Crippen LogP contribution >= 0.6 is 0 Å². The van der Waals surface area contributed by atoms with Crippen LogP contribution in [-0.4, -0.2) is 20.9 Å². The lowest BCUT2D eigenvalue weighted by molar-refractivity contribution is -0.138. The summed E-state index contributed by atoms with van der Waals surface area (Å²) in [5.74, 6) is -1.44. The molecule has 1 atom stereocenters. The fourth-order valence-corrected chi connectivity index (χ4v) is 2.06. The van der Waals surface area contributed by atoms with Gasteiger partial charge in [-0.1, -0.05) is 0 Å². The number of aryl methyl sites for hydroxylation is 1. The van der Waals surface area contributed by atoms with E-state index < -0.39 is 17.8 Å². The molecule has 0 aliphatic heterocycles. The molecule has 1 aromatic carbocycles. The van der Waals surface area contributed by atoms with Gasteiger partial charge in [0.05, 0.1) is 6.20 Å². The Balaban J connectivity index is 2.28. The quantitative estimate of drug-likeness (QED) is 0.888. The number of carbonyl (C=O) groups is 1. The zero-order valence-electron chi connectivity index (χ0n) is 12.2. The number of benzene rings is 1. The Labute approximate surface area is 122 Å². The predicted octanol–water partition coefficient (Wildman–Crippen LogP) is 3.15. The van der Waals surface area contributed by atoms with Crippen LogP contribution < -0.4 is 5.32 Å². The van der Waals surface area contributed by atoms with Crippen LogP contribution in [0.1, 0.15) is 37.1 Å². The molecule has 21 heavy (non-hydrogen) atoms. The highest BCUT2D eigenvalue weighted by Crippen LogP contribution is 2.22. The Bertz CT molecular complexity index is 632. The highest BCUT2D eigenvalue weighted by molar-refractivity contribution is 5.79. The van der Waals surface area contributed by atoms with Gasteiger partial charge in [-0.05, 0) is 44.5 Å². The summed E-state index contributed by atoms with van der Waals surface area (Å²) in [6, 6.07) is 3.53. The van der Waals surface area contributed by atoms with E-state index in [9.17, 15) is 14.3 Å². The Morgan fingerprint density at radius 3 is 2.62 bits per heavy atom. The van der Waals surface area contributed by atoms with Gasteiger partial charge in [0.2, 0.25) is 0 Å². The van der Waals surface area contributed by atoms with Crippen molar-refractivity contribution in [1.29, 1.82) is 0 Å². The molecule has 2 N–H and O–H groups in total. The molecule has 0 saturated carbocycles. The average molecular weight is 291 g/mol. The smallest absolute Gasteiger partial charge is 0.330 e. The molecule has 6 heteroatoms. The summed E-state index contributed by atoms with van der Waals surface area (Å²) < 4.78 is 15.1. The topological polar surface area (TPSA) is 67.2 Å². The Morgan fingerprint density at radius 2 is 2.10 bits per heavy atom. The maximum absolute atomic E-state index is 13.4. The lowest BCUT2D eigenvalue weighted by Gasteiger charge is -2.15. The van der Waals surface area contributed by atoms with E-state index in [0.29, 0.717) is 11.3 Å². The zero-order chi connectivity index (χ0) is 15.6. The molecule has 1 aromatic heterocycles. The molecule has 5 nitrogen and oxygen atoms in total. The van der Waals surface area contributed by atoms with Crippen molar-refractivity contribution in [1.82, 2.24) is 9.78 Å². The zero-order valence-corrected chi connectivity index (χ0v) is 12.2. The Morgan fingerprint density at radius 1 is 1.38 bits per heavy atom. The second kappa shape index (κ2) is 5.95. The first kappa shape index (κ1) is 15.0. The van der Waals surface area contributed by atoms with E-state index in [0.717, 1.165) is 5.56 Å². The monoisotopic (exact) mass is 291 g/mol. The van der Waals surface area contributed by atoms with E-state index >= 15 is 0 Å². The van der Waals surface area contributed by atoms with E-state index in [4.69, 9.17) is 0 Å². The minimum Gasteiger partial charge on any atom is -0.479 e. The first-order valence-electron chi connectivity index (χ1n) is 6.67. The van der Waals surface area contributed by atoms with Crippen molar-refractivity contribution in [3.05, 3.63) is 47.5 Å². The van der Waals surface area contributed by atoms with Crippen molar-refractivity contribution in [3.8, 4) is 0 Å². The predicted molar refractivity (Wildman–Crippen MR) is 77.7 cm³/mol. The van der Waals surface area contributed by atoms with Crippen LogP contribution in [0, 0.1) is 12.7 Å². The molecule has 2 aromatic rings. The second-order valence-electron chi connectivity index (χ2n) is 5.28. The van der Waals surface area contributed by atoms with Gasteiger partial charge in [-0.2, -0.15) is 5.10 Å². The average Bonchev–Trinajstić information content (AvgIpc) is 2.83. The molecule has 0 fully saturated rings. The number of rotatable bonds is 5. The number of hydrogen-bond acceptors (Lipinski definition) is 3. The third kappa shape index (κ3) is 3.59. The van der Waals surface area contributed by atoms with Crippen LogP contribution in [0.25, 0.3) is 0 Å². The summed E-state index contributed by atoms with van der Waals surface area (Å²) in [5, 5.41) is 16.4. The second-order valence-corrected chi connectivity index (χ2v) is 5.28. The number of carboxylic acids is 1. The molecule has 0 aliphatic rings. The van der Waals surface area contributed by atoms with Crippen LogP contribution in [0.15, 0.2) is 30.6 Å². The standard InChI is InChI=1S/C15H18FN3O2/c1-9(2)19-8-11(7-17-19)14(15(20)21)18-13-5-10(3)4-12(16)6-13/h4-9,14,18H,1-3H3,(H,20,21). The number of carboxylic acid groups (broad SMARTS) is 1. The van der Waals surface area contributed by atoms with Gasteiger partial charge in [-0.25, -0.2) is 9.18 Å². The first-order valence-corrected chi connectivity index (χ1v) is 6.67. The van der Waals surface area contributed by atoms with Gasteiger partial charge in [0, 0.05) is 23.5 Å². The molecule has 0 radical (unpaired) electrons. The molecular formula is C15H18FN3O2. The van der Waals surface area contributed by atoms with E-state index in [1.165, 1.54) is 18.3 Å². The minimum atomic E-state index is -1.04. The largest absolute Gasteiger partial charge is 0.479 e. The number of nitrogens with one attached hydrogen (secondary N) is 1. The number of aromatic nitrogens is 2. The highest BCUT2D eigenvalue weighted by Gasteiger charge is 2.22. The van der Waals surface area contributed by atoms with Crippen molar-refractivity contribution in [2.24, 2.45) is 0 Å². The molecule has 0 saturated heterocycles. The van der Waals surface area contributed by atoms with E-state index in [-0.39, 0.29) is 6.04 Å². The molecule has 0 aliphatic carbocycles. The molecule has 112 valence electrons. The molecule has 0 amide bonds. The van der Waals surface area contributed by atoms with E-state index in [1.807, 2.05) is 13.8 Å². The lowest BCUT2D eigenvalue weighted by Crippen LogP contribution is -2.20. The Hall–Kier alpha value is -2.37. The van der Waals surface area contributed by atoms with Gasteiger partial charge in [0.1, 0.15) is 5.82 Å². The van der Waals surface area contributed by atoms with Crippen LogP contribution in [0.5, 0.6) is 0 Å². The van der Waals surface area contributed by atoms with Crippen LogP contribution in [0.3, 0.4) is 0 Å². The van der Waals surface area contributed by atoms with Crippen LogP contribution in [0.4, 0.5) is 10.1 Å². The van der Waals surface area contributed by atoms with Gasteiger partial charge in [-0.15, -0.1) is 0 Å². The van der Waals surface area contributed by atoms with Gasteiger partial charge in [0.25, 0.3) is 0 Å². The van der Waals surface area contributed by atoms with Crippen molar-refractivity contribution < 1.29 is 14.3 Å². The summed E-state index contributed by atoms with van der Waals surface area (Å²) in [5.41, 5.74) is 1.68. The SMILES string of the molecule is Cc1cc(F)cc(NC(C(=O)O)c2cnn(C(C)C)c2)c1. The van der Waals surface area contributed by atoms with Crippen molar-refractivity contribution in [2.75, 3.05) is 5.32 Å². The van der Waals surface area contributed by atoms with Gasteiger partial charge >= 0.3 is 5.97 Å². The number of aliphatic carboxylic acids is 1. The highest BCUT2D eigenvalue weighted by atomic mass is 19.1. The summed E-state index contributed by atoms with van der Waals surface area (Å²) in [4.78, 5) is 11.5. The summed E-state index contributed by atoms with van der Waals surface area (Å²) in [6.07, 6.45) is 3.19. The number of hydrogen-bond donors (Lipinski definition) is 2. The fourth-order valence-electron chi connectivity index (χ4n) is 2.06. The third-order valence-electron chi connectivity index (χ3n) is 3.08. The molecular weight excluding hydrogens is 273 g/mol. The third-order valence-corrected chi connectivity index (χ3v) is 3.08. The number of nitrogens with zero attached hydrogens (tertiary/aromatic N) is 2. The summed E-state index contributed by atoms with van der Waals surface area (Å²) in [6.45, 7) is 5.66. The normalized spacial score (nSPS) is 12.4. The first-order chi connectivity index (χ1) is 9.86. The molecule has 1 heterocycles. The van der Waals surface area contributed by atoms with Crippen molar-refractivity contribution in [3.63, 3.8) is 0 Å². The van der Waals surface area contributed by atoms with Crippen LogP contribution in [-0.2, 0) is 4.79 Å². The maximum atomic E-state index is 13.4. The number of anilines is 1. The molecule has 1 unspecified atom stereocenters. The van der Waals surface area contributed by atoms with E-state index in [1.54, 1.807) is 23.9 Å². The molecule has 2 rings (SSSR count). The minimum absolute atomic E-state index is 0.143. The summed E-state index contributed by atoms with van der Waals surface area (Å²) >= 11 is 0. The fraction of sp³-hybridized carbons (Fsp3) is 0.333. The van der Waals surface area contributed by atoms with Crippen LogP contribution in [0.2, 0.25) is 0 Å². The van der Waals surface area contributed by atoms with Crippen molar-refractivity contribution in [2.45, 2.75) is 32.9 Å².